The van der Waals surface area contributed by atoms with Crippen LogP contribution in [-0.2, 0) is 4.79 Å². The summed E-state index contributed by atoms with van der Waals surface area (Å²) in [5.74, 6) is -1.18. The summed E-state index contributed by atoms with van der Waals surface area (Å²) in [6.07, 6.45) is 0. The minimum atomic E-state index is -1.02. The quantitative estimate of drug-likeness (QED) is 0.946. The number of rotatable bonds is 3. The van der Waals surface area contributed by atoms with Crippen LogP contribution in [0, 0.1) is 0 Å². The van der Waals surface area contributed by atoms with E-state index in [1.165, 1.54) is 12.1 Å². The molecule has 0 fully saturated rings. The van der Waals surface area contributed by atoms with E-state index in [1.54, 1.807) is 17.0 Å². The maximum atomic E-state index is 12.5. The number of carbonyl (C=O) groups is 2. The molecule has 0 radical (unpaired) electrons. The molecule has 1 amide bonds. The first-order chi connectivity index (χ1) is 10.6. The number of amides is 1. The SMILES string of the molecule is CCN1C(=O)/C(=N\c2cccc(C(=O)O)c2)c2ccccc21. The molecule has 5 heteroatoms. The molecule has 0 unspecified atom stereocenters. The summed E-state index contributed by atoms with van der Waals surface area (Å²) in [6.45, 7) is 2.46. The van der Waals surface area contributed by atoms with Gasteiger partial charge in [-0.25, -0.2) is 9.79 Å². The highest BCUT2D eigenvalue weighted by Gasteiger charge is 2.32. The van der Waals surface area contributed by atoms with Gasteiger partial charge in [-0.3, -0.25) is 4.79 Å². The molecule has 110 valence electrons. The molecule has 0 atom stereocenters. The Morgan fingerprint density at radius 2 is 1.95 bits per heavy atom. The Hall–Kier alpha value is -2.95. The zero-order valence-corrected chi connectivity index (χ0v) is 12.0. The topological polar surface area (TPSA) is 70.0 Å². The van der Waals surface area contributed by atoms with E-state index >= 15 is 0 Å². The lowest BCUT2D eigenvalue weighted by Gasteiger charge is -2.12. The van der Waals surface area contributed by atoms with Crippen LogP contribution in [0.5, 0.6) is 0 Å². The van der Waals surface area contributed by atoms with Crippen LogP contribution in [0.2, 0.25) is 0 Å². The normalized spacial score (nSPS) is 15.2. The second-order valence-corrected chi connectivity index (χ2v) is 4.88. The Morgan fingerprint density at radius 1 is 1.18 bits per heavy atom. The van der Waals surface area contributed by atoms with Crippen molar-refractivity contribution in [3.05, 3.63) is 59.7 Å². The molecule has 0 aliphatic carbocycles. The van der Waals surface area contributed by atoms with Gasteiger partial charge in [-0.15, -0.1) is 0 Å². The van der Waals surface area contributed by atoms with Crippen molar-refractivity contribution in [1.82, 2.24) is 0 Å². The number of aliphatic imine (C=N–C) groups is 1. The first kappa shape index (κ1) is 14.0. The molecular weight excluding hydrogens is 280 g/mol. The zero-order valence-electron chi connectivity index (χ0n) is 12.0. The lowest BCUT2D eigenvalue weighted by atomic mass is 10.1. The average Bonchev–Trinajstić information content (AvgIpc) is 2.80. The van der Waals surface area contributed by atoms with E-state index in [4.69, 9.17) is 5.11 Å². The van der Waals surface area contributed by atoms with Gasteiger partial charge in [-0.05, 0) is 31.2 Å². The van der Waals surface area contributed by atoms with Gasteiger partial charge in [0.15, 0.2) is 0 Å². The van der Waals surface area contributed by atoms with Crippen molar-refractivity contribution >= 4 is 29.0 Å². The molecule has 1 heterocycles. The van der Waals surface area contributed by atoms with E-state index < -0.39 is 5.97 Å². The summed E-state index contributed by atoms with van der Waals surface area (Å²) in [4.78, 5) is 29.6. The fraction of sp³-hybridized carbons (Fsp3) is 0.118. The second-order valence-electron chi connectivity index (χ2n) is 4.88. The Balaban J connectivity index is 2.10. The van der Waals surface area contributed by atoms with Crippen LogP contribution < -0.4 is 4.90 Å². The number of nitrogens with zero attached hydrogens (tertiary/aromatic N) is 2. The predicted octanol–water partition coefficient (Wildman–Crippen LogP) is 2.87. The Bertz CT molecular complexity index is 796. The monoisotopic (exact) mass is 294 g/mol. The van der Waals surface area contributed by atoms with Gasteiger partial charge in [0.25, 0.3) is 5.91 Å². The van der Waals surface area contributed by atoms with Crippen LogP contribution in [0.3, 0.4) is 0 Å². The van der Waals surface area contributed by atoms with Gasteiger partial charge in [-0.2, -0.15) is 0 Å². The third-order valence-electron chi connectivity index (χ3n) is 3.55. The number of para-hydroxylation sites is 1. The predicted molar refractivity (Wildman–Crippen MR) is 84.1 cm³/mol. The molecule has 5 nitrogen and oxygen atoms in total. The number of hydrogen-bond acceptors (Lipinski definition) is 3. The summed E-state index contributed by atoms with van der Waals surface area (Å²) in [6, 6.07) is 13.7. The standard InChI is InChI=1S/C17H14N2O3/c1-2-19-14-9-4-3-8-13(14)15(16(19)20)18-12-7-5-6-11(10-12)17(21)22/h3-10H,2H2,1H3,(H,21,22)/b18-15-. The molecule has 0 saturated carbocycles. The van der Waals surface area contributed by atoms with Gasteiger partial charge in [-0.1, -0.05) is 24.3 Å². The van der Waals surface area contributed by atoms with Crippen LogP contribution >= 0.6 is 0 Å². The van der Waals surface area contributed by atoms with E-state index in [-0.39, 0.29) is 11.5 Å². The van der Waals surface area contributed by atoms with Gasteiger partial charge in [0.2, 0.25) is 0 Å². The number of anilines is 1. The molecule has 2 aromatic carbocycles. The van der Waals surface area contributed by atoms with Crippen LogP contribution in [0.4, 0.5) is 11.4 Å². The van der Waals surface area contributed by atoms with Crippen molar-refractivity contribution in [1.29, 1.82) is 0 Å². The maximum Gasteiger partial charge on any atom is 0.335 e. The molecular formula is C17H14N2O3. The van der Waals surface area contributed by atoms with Crippen LogP contribution in [0.25, 0.3) is 0 Å². The van der Waals surface area contributed by atoms with Gasteiger partial charge in [0.05, 0.1) is 16.9 Å². The van der Waals surface area contributed by atoms with Gasteiger partial charge in [0, 0.05) is 12.1 Å². The van der Waals surface area contributed by atoms with Crippen LogP contribution in [-0.4, -0.2) is 29.2 Å². The number of likely N-dealkylation sites (N-methyl/N-ethyl adjacent to an activating group) is 1. The van der Waals surface area contributed by atoms with Crippen molar-refractivity contribution in [2.75, 3.05) is 11.4 Å². The van der Waals surface area contributed by atoms with Gasteiger partial charge < -0.3 is 10.0 Å². The van der Waals surface area contributed by atoms with Crippen LogP contribution in [0.15, 0.2) is 53.5 Å². The Kier molecular flexibility index (Phi) is 3.47. The number of hydrogen-bond donors (Lipinski definition) is 1. The molecule has 1 aliphatic heterocycles. The molecule has 22 heavy (non-hydrogen) atoms. The first-order valence-corrected chi connectivity index (χ1v) is 6.95. The maximum absolute atomic E-state index is 12.5. The number of carbonyl (C=O) groups excluding carboxylic acids is 1. The van der Waals surface area contributed by atoms with E-state index in [1.807, 2.05) is 31.2 Å². The summed E-state index contributed by atoms with van der Waals surface area (Å²) >= 11 is 0. The minimum Gasteiger partial charge on any atom is -0.478 e. The summed E-state index contributed by atoms with van der Waals surface area (Å²) < 4.78 is 0. The van der Waals surface area contributed by atoms with Gasteiger partial charge >= 0.3 is 5.97 Å². The lowest BCUT2D eigenvalue weighted by Crippen LogP contribution is -2.29. The van der Waals surface area contributed by atoms with Crippen molar-refractivity contribution in [2.45, 2.75) is 6.92 Å². The highest BCUT2D eigenvalue weighted by atomic mass is 16.4. The molecule has 3 rings (SSSR count). The number of fused-ring (bicyclic) bond motifs is 1. The lowest BCUT2D eigenvalue weighted by molar-refractivity contribution is -0.112. The van der Waals surface area contributed by atoms with Gasteiger partial charge in [0.1, 0.15) is 5.71 Å². The summed E-state index contributed by atoms with van der Waals surface area (Å²) in [5, 5.41) is 9.04. The molecule has 0 spiro atoms. The highest BCUT2D eigenvalue weighted by Crippen LogP contribution is 2.30. The molecule has 2 aromatic rings. The van der Waals surface area contributed by atoms with E-state index in [0.29, 0.717) is 17.9 Å². The Morgan fingerprint density at radius 3 is 2.68 bits per heavy atom. The summed E-state index contributed by atoms with van der Waals surface area (Å²) in [7, 11) is 0. The number of carboxylic acids is 1. The highest BCUT2D eigenvalue weighted by molar-refractivity contribution is 6.54. The van der Waals surface area contributed by atoms with E-state index in [2.05, 4.69) is 4.99 Å². The van der Waals surface area contributed by atoms with E-state index in [0.717, 1.165) is 11.3 Å². The van der Waals surface area contributed by atoms with Crippen molar-refractivity contribution in [3.8, 4) is 0 Å². The minimum absolute atomic E-state index is 0.146. The molecule has 0 bridgehead atoms. The second kappa shape index (κ2) is 5.44. The fourth-order valence-corrected chi connectivity index (χ4v) is 2.52. The smallest absolute Gasteiger partial charge is 0.335 e. The third kappa shape index (κ3) is 2.26. The Labute approximate surface area is 127 Å². The molecule has 1 aliphatic rings. The first-order valence-electron chi connectivity index (χ1n) is 6.95. The molecule has 0 saturated heterocycles. The average molecular weight is 294 g/mol. The third-order valence-corrected chi connectivity index (χ3v) is 3.55. The van der Waals surface area contributed by atoms with Crippen molar-refractivity contribution in [3.63, 3.8) is 0 Å². The number of carboxylic acid groups (broad SMARTS) is 1. The van der Waals surface area contributed by atoms with Crippen molar-refractivity contribution in [2.24, 2.45) is 4.99 Å². The van der Waals surface area contributed by atoms with E-state index in [9.17, 15) is 9.59 Å². The fourth-order valence-electron chi connectivity index (χ4n) is 2.52. The van der Waals surface area contributed by atoms with Crippen molar-refractivity contribution < 1.29 is 14.7 Å². The molecule has 1 N–H and O–H groups in total. The zero-order chi connectivity index (χ0) is 15.7. The largest absolute Gasteiger partial charge is 0.478 e. The molecule has 0 aromatic heterocycles. The summed E-state index contributed by atoms with van der Waals surface area (Å²) in [5.41, 5.74) is 2.56. The number of aromatic carboxylic acids is 1. The number of benzene rings is 2. The van der Waals surface area contributed by atoms with Crippen LogP contribution in [0.1, 0.15) is 22.8 Å².